The zero-order chi connectivity index (χ0) is 20.1. The third-order valence-electron chi connectivity index (χ3n) is 3.46. The molecule has 1 N–H and O–H groups in total. The highest BCUT2D eigenvalue weighted by atomic mass is 79.9. The van der Waals surface area contributed by atoms with Gasteiger partial charge in [-0.05, 0) is 49.4 Å². The van der Waals surface area contributed by atoms with Gasteiger partial charge in [0.2, 0.25) is 5.91 Å². The number of nitrogens with one attached hydrogen (secondary N) is 1. The Balaban J connectivity index is 1.53. The van der Waals surface area contributed by atoms with Crippen molar-refractivity contribution in [3.63, 3.8) is 0 Å². The van der Waals surface area contributed by atoms with Gasteiger partial charge in [0.05, 0.1) is 10.9 Å². The van der Waals surface area contributed by atoms with Gasteiger partial charge < -0.3 is 14.5 Å². The summed E-state index contributed by atoms with van der Waals surface area (Å²) in [7, 11) is 0. The molecule has 0 aliphatic carbocycles. The summed E-state index contributed by atoms with van der Waals surface area (Å²) in [5, 5.41) is 10.6. The van der Waals surface area contributed by atoms with Crippen LogP contribution in [-0.2, 0) is 11.4 Å². The number of thioether (sulfide) groups is 1. The van der Waals surface area contributed by atoms with E-state index in [0.717, 1.165) is 11.8 Å². The molecule has 0 fully saturated rings. The average Bonchev–Trinajstić information content (AvgIpc) is 3.11. The summed E-state index contributed by atoms with van der Waals surface area (Å²) in [6, 6.07) is 11.3. The first-order chi connectivity index (χ1) is 13.4. The first-order valence-corrected chi connectivity index (χ1v) is 10.1. The molecule has 0 bridgehead atoms. The molecule has 1 aromatic heterocycles. The monoisotopic (exact) mass is 485 g/mol. The first-order valence-electron chi connectivity index (χ1n) is 8.04. The van der Waals surface area contributed by atoms with E-state index in [-0.39, 0.29) is 29.3 Å². The molecule has 146 valence electrons. The highest BCUT2D eigenvalue weighted by Crippen LogP contribution is 2.25. The molecule has 1 amide bonds. The van der Waals surface area contributed by atoms with Crippen LogP contribution in [0, 0.1) is 5.82 Å². The molecule has 0 saturated heterocycles. The van der Waals surface area contributed by atoms with Crippen LogP contribution >= 0.6 is 39.3 Å². The Labute approximate surface area is 177 Å². The molecular formula is C18H14BrClFN3O3S. The molecule has 6 nitrogen and oxygen atoms in total. The lowest BCUT2D eigenvalue weighted by Crippen LogP contribution is -2.23. The molecule has 0 saturated carbocycles. The lowest BCUT2D eigenvalue weighted by Gasteiger charge is -2.10. The molecule has 0 aliphatic heterocycles. The molecule has 0 aliphatic rings. The summed E-state index contributed by atoms with van der Waals surface area (Å²) in [4.78, 5) is 12.3. The average molecular weight is 487 g/mol. The summed E-state index contributed by atoms with van der Waals surface area (Å²) in [5.41, 5.74) is 0.100. The number of carbonyl (C=O) groups excluding carboxylic acids is 1. The maximum Gasteiger partial charge on any atom is 0.277 e. The standard InChI is InChI=1S/C18H14BrClFN3O3S/c1-10(17(25)22-15-7-2-11(19)8-14(15)21)28-18-24-23-16(27-18)9-26-13-5-3-12(20)4-6-13/h2-8,10H,9H2,1H3,(H,22,25)/t10-/m1/s1. The maximum atomic E-state index is 13.8. The number of amides is 1. The number of halogens is 3. The van der Waals surface area contributed by atoms with E-state index in [2.05, 4.69) is 31.4 Å². The molecular weight excluding hydrogens is 473 g/mol. The van der Waals surface area contributed by atoms with E-state index < -0.39 is 11.1 Å². The van der Waals surface area contributed by atoms with Crippen molar-refractivity contribution >= 4 is 50.9 Å². The van der Waals surface area contributed by atoms with Crippen molar-refractivity contribution in [2.75, 3.05) is 5.32 Å². The van der Waals surface area contributed by atoms with Gasteiger partial charge in [-0.15, -0.1) is 10.2 Å². The van der Waals surface area contributed by atoms with Crippen LogP contribution in [0.2, 0.25) is 5.02 Å². The predicted octanol–water partition coefficient (Wildman–Crippen LogP) is 5.32. The number of carbonyl (C=O) groups is 1. The van der Waals surface area contributed by atoms with E-state index in [1.165, 1.54) is 12.1 Å². The fourth-order valence-corrected chi connectivity index (χ4v) is 3.21. The fraction of sp³-hybridized carbons (Fsp3) is 0.167. The van der Waals surface area contributed by atoms with Crippen molar-refractivity contribution in [3.8, 4) is 5.75 Å². The minimum absolute atomic E-state index is 0.0832. The molecule has 3 rings (SSSR count). The van der Waals surface area contributed by atoms with Crippen LogP contribution in [0.4, 0.5) is 10.1 Å². The summed E-state index contributed by atoms with van der Waals surface area (Å²) < 4.78 is 25.4. The van der Waals surface area contributed by atoms with Gasteiger partial charge in [-0.2, -0.15) is 0 Å². The van der Waals surface area contributed by atoms with E-state index in [1.807, 2.05) is 0 Å². The number of hydrogen-bond acceptors (Lipinski definition) is 6. The Hall–Kier alpha value is -2.10. The van der Waals surface area contributed by atoms with Crippen LogP contribution in [0.5, 0.6) is 5.75 Å². The largest absolute Gasteiger partial charge is 0.484 e. The van der Waals surface area contributed by atoms with E-state index >= 15 is 0 Å². The molecule has 0 unspecified atom stereocenters. The first kappa shape index (κ1) is 20.6. The number of anilines is 1. The number of rotatable bonds is 7. The zero-order valence-electron chi connectivity index (χ0n) is 14.5. The molecule has 3 aromatic rings. The quantitative estimate of drug-likeness (QED) is 0.455. The van der Waals surface area contributed by atoms with Crippen LogP contribution in [0.1, 0.15) is 12.8 Å². The van der Waals surface area contributed by atoms with Crippen LogP contribution in [-0.4, -0.2) is 21.4 Å². The number of nitrogens with zero attached hydrogens (tertiary/aromatic N) is 2. The smallest absolute Gasteiger partial charge is 0.277 e. The van der Waals surface area contributed by atoms with Crippen LogP contribution in [0.15, 0.2) is 56.6 Å². The third-order valence-corrected chi connectivity index (χ3v) is 5.14. The highest BCUT2D eigenvalue weighted by molar-refractivity contribution is 9.10. The van der Waals surface area contributed by atoms with Gasteiger partial charge in [-0.3, -0.25) is 4.79 Å². The third kappa shape index (κ3) is 5.70. The Morgan fingerprint density at radius 3 is 2.79 bits per heavy atom. The maximum absolute atomic E-state index is 13.8. The van der Waals surface area contributed by atoms with Crippen molar-refractivity contribution in [1.29, 1.82) is 0 Å². The summed E-state index contributed by atoms with van der Waals surface area (Å²) >= 11 is 10.1. The number of hydrogen-bond donors (Lipinski definition) is 1. The predicted molar refractivity (Wildman–Crippen MR) is 108 cm³/mol. The minimum atomic E-state index is -0.575. The molecule has 0 spiro atoms. The lowest BCUT2D eigenvalue weighted by molar-refractivity contribution is -0.115. The van der Waals surface area contributed by atoms with Crippen LogP contribution in [0.25, 0.3) is 0 Å². The Morgan fingerprint density at radius 2 is 2.07 bits per heavy atom. The molecule has 0 radical (unpaired) electrons. The van der Waals surface area contributed by atoms with Crippen LogP contribution < -0.4 is 10.1 Å². The van der Waals surface area contributed by atoms with E-state index in [9.17, 15) is 9.18 Å². The molecule has 28 heavy (non-hydrogen) atoms. The topological polar surface area (TPSA) is 77.2 Å². The van der Waals surface area contributed by atoms with Gasteiger partial charge in [0.15, 0.2) is 6.61 Å². The number of ether oxygens (including phenoxy) is 1. The fourth-order valence-electron chi connectivity index (χ4n) is 2.05. The summed E-state index contributed by atoms with van der Waals surface area (Å²) in [6.07, 6.45) is 0. The van der Waals surface area contributed by atoms with Crippen LogP contribution in [0.3, 0.4) is 0 Å². The Kier molecular flexibility index (Phi) is 6.93. The minimum Gasteiger partial charge on any atom is -0.484 e. The van der Waals surface area contributed by atoms with E-state index in [0.29, 0.717) is 15.2 Å². The lowest BCUT2D eigenvalue weighted by atomic mass is 10.3. The van der Waals surface area contributed by atoms with E-state index in [1.54, 1.807) is 37.3 Å². The van der Waals surface area contributed by atoms with Gasteiger partial charge >= 0.3 is 0 Å². The van der Waals surface area contributed by atoms with Gasteiger partial charge in [0.25, 0.3) is 11.1 Å². The SMILES string of the molecule is C[C@@H](Sc1nnc(COc2ccc(Cl)cc2)o1)C(=O)Nc1ccc(Br)cc1F. The summed E-state index contributed by atoms with van der Waals surface area (Å²) in [6.45, 7) is 1.74. The van der Waals surface area contributed by atoms with Crippen molar-refractivity contribution < 1.29 is 18.3 Å². The van der Waals surface area contributed by atoms with Gasteiger partial charge in [0.1, 0.15) is 11.6 Å². The normalized spacial score (nSPS) is 11.9. The van der Waals surface area contributed by atoms with Gasteiger partial charge in [0, 0.05) is 9.50 Å². The molecule has 10 heteroatoms. The second kappa shape index (κ2) is 9.40. The number of aromatic nitrogens is 2. The van der Waals surface area contributed by atoms with Crippen molar-refractivity contribution in [2.45, 2.75) is 24.0 Å². The second-order valence-electron chi connectivity index (χ2n) is 5.58. The zero-order valence-corrected chi connectivity index (χ0v) is 17.6. The number of benzene rings is 2. The molecule has 2 aromatic carbocycles. The summed E-state index contributed by atoms with van der Waals surface area (Å²) in [5.74, 6) is -0.0344. The highest BCUT2D eigenvalue weighted by Gasteiger charge is 2.19. The van der Waals surface area contributed by atoms with Gasteiger partial charge in [-0.1, -0.05) is 39.3 Å². The Bertz CT molecular complexity index is 971. The second-order valence-corrected chi connectivity index (χ2v) is 8.22. The molecule has 1 heterocycles. The van der Waals surface area contributed by atoms with Crippen molar-refractivity contribution in [2.24, 2.45) is 0 Å². The molecule has 1 atom stereocenters. The van der Waals surface area contributed by atoms with Crippen molar-refractivity contribution in [3.05, 3.63) is 63.7 Å². The van der Waals surface area contributed by atoms with E-state index in [4.69, 9.17) is 20.8 Å². The van der Waals surface area contributed by atoms with Gasteiger partial charge in [-0.25, -0.2) is 4.39 Å². The Morgan fingerprint density at radius 1 is 1.32 bits per heavy atom. The van der Waals surface area contributed by atoms with Crippen molar-refractivity contribution in [1.82, 2.24) is 10.2 Å².